The molecule has 0 aliphatic heterocycles. The van der Waals surface area contributed by atoms with Crippen LogP contribution in [0, 0.1) is 11.8 Å². The Morgan fingerprint density at radius 2 is 1.36 bits per heavy atom. The van der Waals surface area contributed by atoms with Crippen LogP contribution in [-0.2, 0) is 39.9 Å². The molecule has 50 heavy (non-hydrogen) atoms. The van der Waals surface area contributed by atoms with Crippen molar-refractivity contribution in [3.05, 3.63) is 107 Å². The topological polar surface area (TPSA) is 273 Å². The van der Waals surface area contributed by atoms with Gasteiger partial charge < -0.3 is 10.8 Å². The predicted octanol–water partition coefficient (Wildman–Crippen LogP) is 6.10. The van der Waals surface area contributed by atoms with E-state index < -0.39 is 95.1 Å². The Morgan fingerprint density at radius 3 is 1.86 bits per heavy atom. The maximum absolute atomic E-state index is 12.4. The Kier molecular flexibility index (Phi) is 11.5. The monoisotopic (exact) mass is 765 g/mol. The number of nitrogens with zero attached hydrogens (tertiary/aromatic N) is 4. The fourth-order valence-electron chi connectivity index (χ4n) is 4.55. The molecule has 0 saturated carbocycles. The normalized spacial score (nSPS) is 18.2. The SMILES string of the molecule is C=C/C(=C\C=C(/C=C)S(=O)(=O)C=C)N=Nc1c(S(=O)(=O)O)cc2cc(S(=O)(=O)O)c(N=NC3=CC=C(S(=O)(=O)C=C)[C@@H](C)C3C)c(O)c2c1N. The van der Waals surface area contributed by atoms with Gasteiger partial charge in [-0.1, -0.05) is 46.2 Å². The molecule has 0 radical (unpaired) electrons. The second-order valence-electron chi connectivity index (χ2n) is 10.4. The smallest absolute Gasteiger partial charge is 0.296 e. The highest BCUT2D eigenvalue weighted by Crippen LogP contribution is 2.48. The van der Waals surface area contributed by atoms with Crippen molar-refractivity contribution in [2.75, 3.05) is 5.73 Å². The molecule has 0 amide bonds. The number of azo groups is 2. The van der Waals surface area contributed by atoms with Gasteiger partial charge in [-0.15, -0.1) is 10.2 Å². The highest BCUT2D eigenvalue weighted by atomic mass is 32.2. The summed E-state index contributed by atoms with van der Waals surface area (Å²) in [5.74, 6) is -2.23. The predicted molar refractivity (Wildman–Crippen MR) is 188 cm³/mol. The van der Waals surface area contributed by atoms with Gasteiger partial charge in [-0.05, 0) is 47.9 Å². The van der Waals surface area contributed by atoms with Gasteiger partial charge in [0.05, 0.1) is 32.3 Å². The van der Waals surface area contributed by atoms with Crippen LogP contribution in [0.4, 0.5) is 17.1 Å². The lowest BCUT2D eigenvalue weighted by Crippen LogP contribution is -2.20. The number of hydrogen-bond donors (Lipinski definition) is 4. The summed E-state index contributed by atoms with van der Waals surface area (Å²) >= 11 is 0. The van der Waals surface area contributed by atoms with Crippen molar-refractivity contribution in [3.63, 3.8) is 0 Å². The molecule has 2 aromatic carbocycles. The van der Waals surface area contributed by atoms with E-state index in [0.29, 0.717) is 11.5 Å². The molecule has 2 aromatic rings. The standard InChI is InChI=1S/C30H31N5O11S4/c1-7-20(11-12-21(8-2)47(37,38)9-3)32-34-28-24(49(41,42)43)15-19-16-25(50(44,45)46)29(30(36)26(19)27(28)31)35-33-22-13-14-23(18(6)17(22)5)48(39,40)10-4/h7-18,36H,1-4,31H2,5-6H3,(H,41,42,43)(H,44,45,46)/b20-11+,21-12+,34-32?,35-33?/t17?,18-/m0/s1. The maximum Gasteiger partial charge on any atom is 0.296 e. The molecule has 5 N–H and O–H groups in total. The third-order valence-corrected chi connectivity index (χ3v) is 12.1. The molecule has 1 aliphatic rings. The van der Waals surface area contributed by atoms with Crippen LogP contribution in [0.5, 0.6) is 5.75 Å². The van der Waals surface area contributed by atoms with E-state index in [-0.39, 0.29) is 21.2 Å². The van der Waals surface area contributed by atoms with Gasteiger partial charge in [-0.3, -0.25) is 9.11 Å². The summed E-state index contributed by atoms with van der Waals surface area (Å²) in [6.45, 7) is 16.7. The quantitative estimate of drug-likeness (QED) is 0.0779. The van der Waals surface area contributed by atoms with Crippen molar-refractivity contribution in [2.45, 2.75) is 23.6 Å². The fraction of sp³-hybridized carbons (Fsp3) is 0.133. The van der Waals surface area contributed by atoms with Crippen molar-refractivity contribution in [1.29, 1.82) is 0 Å². The van der Waals surface area contributed by atoms with E-state index >= 15 is 0 Å². The zero-order valence-corrected chi connectivity index (χ0v) is 29.6. The van der Waals surface area contributed by atoms with Crippen LogP contribution in [0.1, 0.15) is 13.8 Å². The first-order chi connectivity index (χ1) is 23.0. The number of sulfone groups is 2. The first-order valence-corrected chi connectivity index (χ1v) is 19.8. The minimum absolute atomic E-state index is 0.0451. The van der Waals surface area contributed by atoms with Crippen LogP contribution in [0.25, 0.3) is 10.8 Å². The van der Waals surface area contributed by atoms with Crippen LogP contribution in [0.15, 0.2) is 137 Å². The zero-order valence-electron chi connectivity index (χ0n) is 26.4. The summed E-state index contributed by atoms with van der Waals surface area (Å²) in [6.07, 6.45) is 6.91. The number of hydrogen-bond acceptors (Lipinski definition) is 14. The van der Waals surface area contributed by atoms with E-state index in [2.05, 4.69) is 46.8 Å². The highest BCUT2D eigenvalue weighted by Gasteiger charge is 2.31. The van der Waals surface area contributed by atoms with Crippen molar-refractivity contribution < 1.29 is 47.9 Å². The van der Waals surface area contributed by atoms with Crippen molar-refractivity contribution in [2.24, 2.45) is 32.3 Å². The lowest BCUT2D eigenvalue weighted by molar-refractivity contribution is 0.471. The van der Waals surface area contributed by atoms with Gasteiger partial charge in [0.25, 0.3) is 20.2 Å². The number of nitrogens with two attached hydrogens (primary N) is 1. The summed E-state index contributed by atoms with van der Waals surface area (Å²) < 4.78 is 118. The van der Waals surface area contributed by atoms with Crippen molar-refractivity contribution in [1.82, 2.24) is 0 Å². The summed E-state index contributed by atoms with van der Waals surface area (Å²) in [5, 5.41) is 27.4. The zero-order chi connectivity index (χ0) is 38.0. The molecule has 1 aliphatic carbocycles. The Bertz CT molecular complexity index is 2480. The third kappa shape index (κ3) is 8.12. The van der Waals surface area contributed by atoms with Crippen molar-refractivity contribution in [3.8, 4) is 5.75 Å². The molecule has 0 saturated heterocycles. The average molecular weight is 766 g/mol. The Balaban J connectivity index is 2.35. The van der Waals surface area contributed by atoms with E-state index in [1.165, 1.54) is 12.2 Å². The van der Waals surface area contributed by atoms with Gasteiger partial charge in [0.15, 0.2) is 25.4 Å². The average Bonchev–Trinajstić information content (AvgIpc) is 3.03. The number of phenolic OH excluding ortho intramolecular Hbond substituents is 1. The number of benzene rings is 2. The van der Waals surface area contributed by atoms with Gasteiger partial charge in [-0.25, -0.2) is 16.8 Å². The van der Waals surface area contributed by atoms with Crippen LogP contribution in [0.2, 0.25) is 0 Å². The van der Waals surface area contributed by atoms with Crippen LogP contribution in [-0.4, -0.2) is 47.9 Å². The first-order valence-electron chi connectivity index (χ1n) is 13.8. The molecule has 0 heterocycles. The number of rotatable bonds is 13. The molecule has 20 heteroatoms. The van der Waals surface area contributed by atoms with E-state index in [1.807, 2.05) is 0 Å². The van der Waals surface area contributed by atoms with Crippen LogP contribution >= 0.6 is 0 Å². The Morgan fingerprint density at radius 1 is 0.780 bits per heavy atom. The molecule has 2 atom stereocenters. The fourth-order valence-corrected chi connectivity index (χ4v) is 7.74. The number of phenols is 1. The molecule has 0 aromatic heterocycles. The van der Waals surface area contributed by atoms with E-state index in [0.717, 1.165) is 35.8 Å². The van der Waals surface area contributed by atoms with E-state index in [9.17, 15) is 47.9 Å². The molecule has 266 valence electrons. The maximum atomic E-state index is 12.4. The van der Waals surface area contributed by atoms with Gasteiger partial charge in [-0.2, -0.15) is 27.1 Å². The second kappa shape index (κ2) is 14.5. The largest absolute Gasteiger partial charge is 0.505 e. The minimum atomic E-state index is -5.19. The van der Waals surface area contributed by atoms with E-state index in [1.54, 1.807) is 13.8 Å². The third-order valence-electron chi connectivity index (χ3n) is 7.41. The molecule has 0 bridgehead atoms. The van der Waals surface area contributed by atoms with Gasteiger partial charge in [0.1, 0.15) is 21.2 Å². The summed E-state index contributed by atoms with van der Waals surface area (Å²) in [7, 11) is -18.0. The number of aromatic hydroxyl groups is 1. The minimum Gasteiger partial charge on any atom is -0.505 e. The summed E-state index contributed by atoms with van der Waals surface area (Å²) in [5.41, 5.74) is 4.00. The van der Waals surface area contributed by atoms with Crippen molar-refractivity contribution >= 4 is 67.7 Å². The number of allylic oxidation sites excluding steroid dienone is 8. The van der Waals surface area contributed by atoms with E-state index in [4.69, 9.17) is 5.73 Å². The number of nitrogen functional groups attached to an aromatic ring is 1. The number of anilines is 1. The molecule has 1 unspecified atom stereocenters. The highest BCUT2D eigenvalue weighted by molar-refractivity contribution is 7.98. The molecule has 0 fully saturated rings. The van der Waals surface area contributed by atoms with Gasteiger partial charge >= 0.3 is 0 Å². The Hall–Kier alpha value is -4.86. The van der Waals surface area contributed by atoms with Crippen LogP contribution < -0.4 is 5.73 Å². The lowest BCUT2D eigenvalue weighted by atomic mass is 9.89. The summed E-state index contributed by atoms with van der Waals surface area (Å²) in [4.78, 5) is -2.25. The second-order valence-corrected chi connectivity index (χ2v) is 17.0. The number of fused-ring (bicyclic) bond motifs is 1. The van der Waals surface area contributed by atoms with Gasteiger partial charge in [0, 0.05) is 22.7 Å². The van der Waals surface area contributed by atoms with Crippen LogP contribution in [0.3, 0.4) is 0 Å². The molecule has 16 nitrogen and oxygen atoms in total. The molecular weight excluding hydrogens is 735 g/mol. The van der Waals surface area contributed by atoms with Gasteiger partial charge in [0.2, 0.25) is 0 Å². The summed E-state index contributed by atoms with van der Waals surface area (Å²) in [6, 6.07) is 1.42. The molecular formula is C30H31N5O11S4. The molecule has 0 spiro atoms. The lowest BCUT2D eigenvalue weighted by Gasteiger charge is -2.25. The first kappa shape index (κ1) is 39.6. The molecule has 3 rings (SSSR count). The Labute approximate surface area is 288 Å².